The predicted molar refractivity (Wildman–Crippen MR) is 81.2 cm³/mol. The minimum atomic E-state index is -0.912. The average Bonchev–Trinajstić information content (AvgIpc) is 2.40. The molecule has 2 N–H and O–H groups in total. The van der Waals surface area contributed by atoms with E-state index in [1.807, 2.05) is 12.1 Å². The number of nitrogens with one attached hydrogen (secondary N) is 2. The fourth-order valence-corrected chi connectivity index (χ4v) is 2.33. The molecule has 110 valence electrons. The summed E-state index contributed by atoms with van der Waals surface area (Å²) in [5.41, 5.74) is 0.738. The Kier molecular flexibility index (Phi) is 5.03. The van der Waals surface area contributed by atoms with Crippen LogP contribution in [0.25, 0.3) is 0 Å². The normalized spacial score (nSPS) is 10.5. The fraction of sp³-hybridized carbons (Fsp3) is 0.133. The third-order valence-electron chi connectivity index (χ3n) is 2.87. The second kappa shape index (κ2) is 6.78. The van der Waals surface area contributed by atoms with Crippen molar-refractivity contribution in [3.8, 4) is 0 Å². The molecule has 0 aliphatic heterocycles. The van der Waals surface area contributed by atoms with E-state index in [1.165, 1.54) is 0 Å². The van der Waals surface area contributed by atoms with Crippen molar-refractivity contribution in [1.29, 1.82) is 0 Å². The summed E-state index contributed by atoms with van der Waals surface area (Å²) in [4.78, 5) is 12.1. The van der Waals surface area contributed by atoms with E-state index in [0.717, 1.165) is 17.7 Å². The number of hydrogen-bond donors (Lipinski definition) is 2. The topological polar surface area (TPSA) is 41.1 Å². The van der Waals surface area contributed by atoms with Gasteiger partial charge >= 0.3 is 0 Å². The Morgan fingerprint density at radius 1 is 1.19 bits per heavy atom. The lowest BCUT2D eigenvalue weighted by Crippen LogP contribution is -2.18. The number of rotatable bonds is 4. The van der Waals surface area contributed by atoms with E-state index in [1.54, 1.807) is 19.2 Å². The van der Waals surface area contributed by atoms with E-state index in [4.69, 9.17) is 0 Å². The molecular weight excluding hydrogens is 342 g/mol. The van der Waals surface area contributed by atoms with Crippen LogP contribution in [0.3, 0.4) is 0 Å². The third kappa shape index (κ3) is 3.65. The van der Waals surface area contributed by atoms with Crippen LogP contribution in [0.5, 0.6) is 0 Å². The Balaban J connectivity index is 2.31. The lowest BCUT2D eigenvalue weighted by Gasteiger charge is -2.11. The molecule has 2 aromatic carbocycles. The Bertz CT molecular complexity index is 653. The molecule has 3 nitrogen and oxygen atoms in total. The summed E-state index contributed by atoms with van der Waals surface area (Å²) in [5.74, 6) is -2.64. The number of amides is 1. The van der Waals surface area contributed by atoms with Crippen molar-refractivity contribution >= 4 is 27.5 Å². The standard InChI is InChI=1S/C15H13BrF2N2O/c1-19-8-9-4-2-3-5-13(9)20-15(21)14-11(17)6-10(16)7-12(14)18/h2-7,19H,8H2,1H3,(H,20,21). The molecule has 2 aromatic rings. The zero-order valence-corrected chi connectivity index (χ0v) is 12.8. The van der Waals surface area contributed by atoms with Gasteiger partial charge in [-0.3, -0.25) is 4.79 Å². The van der Waals surface area contributed by atoms with Gasteiger partial charge in [0.15, 0.2) is 0 Å². The van der Waals surface area contributed by atoms with Crippen molar-refractivity contribution < 1.29 is 13.6 Å². The van der Waals surface area contributed by atoms with E-state index in [0.29, 0.717) is 12.2 Å². The van der Waals surface area contributed by atoms with Crippen molar-refractivity contribution in [2.24, 2.45) is 0 Å². The minimum Gasteiger partial charge on any atom is -0.322 e. The Labute approximate surface area is 129 Å². The van der Waals surface area contributed by atoms with Crippen LogP contribution in [-0.2, 0) is 6.54 Å². The quantitative estimate of drug-likeness (QED) is 0.878. The van der Waals surface area contributed by atoms with Crippen molar-refractivity contribution in [2.45, 2.75) is 6.54 Å². The summed E-state index contributed by atoms with van der Waals surface area (Å²) in [6.45, 7) is 0.530. The van der Waals surface area contributed by atoms with Crippen LogP contribution < -0.4 is 10.6 Å². The molecule has 0 bridgehead atoms. The average molecular weight is 355 g/mol. The van der Waals surface area contributed by atoms with Gasteiger partial charge in [0.05, 0.1) is 0 Å². The number of carbonyl (C=O) groups excluding carboxylic acids is 1. The first-order valence-electron chi connectivity index (χ1n) is 6.21. The predicted octanol–water partition coefficient (Wildman–Crippen LogP) is 3.70. The maximum absolute atomic E-state index is 13.8. The number of hydrogen-bond acceptors (Lipinski definition) is 2. The molecule has 0 saturated carbocycles. The summed E-state index contributed by atoms with van der Waals surface area (Å²) >= 11 is 2.98. The zero-order valence-electron chi connectivity index (χ0n) is 11.2. The molecular formula is C15H13BrF2N2O. The molecule has 21 heavy (non-hydrogen) atoms. The molecule has 0 unspecified atom stereocenters. The molecule has 6 heteroatoms. The van der Waals surface area contributed by atoms with Crippen LogP contribution in [0.1, 0.15) is 15.9 Å². The van der Waals surface area contributed by atoms with Crippen LogP contribution >= 0.6 is 15.9 Å². The van der Waals surface area contributed by atoms with Gasteiger partial charge in [-0.25, -0.2) is 8.78 Å². The molecule has 1 amide bonds. The Hall–Kier alpha value is -1.79. The molecule has 0 fully saturated rings. The summed E-state index contributed by atoms with van der Waals surface area (Å²) in [6.07, 6.45) is 0. The molecule has 0 radical (unpaired) electrons. The molecule has 0 spiro atoms. The summed E-state index contributed by atoms with van der Waals surface area (Å²) in [7, 11) is 1.77. The second-order valence-corrected chi connectivity index (χ2v) is 5.30. The zero-order chi connectivity index (χ0) is 15.4. The van der Waals surface area contributed by atoms with Gasteiger partial charge in [-0.05, 0) is 30.8 Å². The monoisotopic (exact) mass is 354 g/mol. The van der Waals surface area contributed by atoms with E-state index in [-0.39, 0.29) is 4.47 Å². The molecule has 0 aliphatic rings. The maximum atomic E-state index is 13.8. The van der Waals surface area contributed by atoms with E-state index in [2.05, 4.69) is 26.6 Å². The van der Waals surface area contributed by atoms with Crippen LogP contribution in [0.15, 0.2) is 40.9 Å². The lowest BCUT2D eigenvalue weighted by molar-refractivity contribution is 0.101. The minimum absolute atomic E-state index is 0.240. The first-order chi connectivity index (χ1) is 10.0. The van der Waals surface area contributed by atoms with Gasteiger partial charge in [-0.2, -0.15) is 0 Å². The van der Waals surface area contributed by atoms with Crippen molar-refractivity contribution in [3.05, 3.63) is 63.6 Å². The molecule has 2 rings (SSSR count). The lowest BCUT2D eigenvalue weighted by atomic mass is 10.1. The number of benzene rings is 2. The maximum Gasteiger partial charge on any atom is 0.261 e. The highest BCUT2D eigenvalue weighted by molar-refractivity contribution is 9.10. The number of anilines is 1. The van der Waals surface area contributed by atoms with Crippen LogP contribution in [0.2, 0.25) is 0 Å². The van der Waals surface area contributed by atoms with Gasteiger partial charge in [-0.1, -0.05) is 34.1 Å². The highest BCUT2D eigenvalue weighted by Crippen LogP contribution is 2.22. The van der Waals surface area contributed by atoms with Gasteiger partial charge in [0, 0.05) is 16.7 Å². The van der Waals surface area contributed by atoms with Crippen LogP contribution in [-0.4, -0.2) is 13.0 Å². The van der Waals surface area contributed by atoms with E-state index < -0.39 is 23.1 Å². The number of carbonyl (C=O) groups is 1. The largest absolute Gasteiger partial charge is 0.322 e. The van der Waals surface area contributed by atoms with Gasteiger partial charge < -0.3 is 10.6 Å². The molecule has 0 saturated heterocycles. The van der Waals surface area contributed by atoms with Crippen molar-refractivity contribution in [2.75, 3.05) is 12.4 Å². The van der Waals surface area contributed by atoms with Gasteiger partial charge in [-0.15, -0.1) is 0 Å². The summed E-state index contributed by atoms with van der Waals surface area (Å²) < 4.78 is 27.8. The smallest absolute Gasteiger partial charge is 0.261 e. The van der Waals surface area contributed by atoms with Crippen LogP contribution in [0, 0.1) is 11.6 Å². The molecule has 0 aromatic heterocycles. The molecule has 0 heterocycles. The summed E-state index contributed by atoms with van der Waals surface area (Å²) in [5, 5.41) is 5.50. The highest BCUT2D eigenvalue weighted by Gasteiger charge is 2.19. The van der Waals surface area contributed by atoms with E-state index >= 15 is 0 Å². The first kappa shape index (κ1) is 15.6. The Morgan fingerprint density at radius 2 is 1.81 bits per heavy atom. The second-order valence-electron chi connectivity index (χ2n) is 4.39. The van der Waals surface area contributed by atoms with E-state index in [9.17, 15) is 13.6 Å². The molecule has 0 atom stereocenters. The highest BCUT2D eigenvalue weighted by atomic mass is 79.9. The van der Waals surface area contributed by atoms with Gasteiger partial charge in [0.25, 0.3) is 5.91 Å². The van der Waals surface area contributed by atoms with Gasteiger partial charge in [0.1, 0.15) is 17.2 Å². The van der Waals surface area contributed by atoms with Crippen molar-refractivity contribution in [1.82, 2.24) is 5.32 Å². The SMILES string of the molecule is CNCc1ccccc1NC(=O)c1c(F)cc(Br)cc1F. The summed E-state index contributed by atoms with van der Waals surface area (Å²) in [6, 6.07) is 9.17. The third-order valence-corrected chi connectivity index (χ3v) is 3.32. The van der Waals surface area contributed by atoms with Crippen LogP contribution in [0.4, 0.5) is 14.5 Å². The number of para-hydroxylation sites is 1. The fourth-order valence-electron chi connectivity index (χ4n) is 1.93. The Morgan fingerprint density at radius 3 is 2.43 bits per heavy atom. The van der Waals surface area contributed by atoms with Gasteiger partial charge in [0.2, 0.25) is 0 Å². The number of halogens is 3. The molecule has 0 aliphatic carbocycles. The first-order valence-corrected chi connectivity index (χ1v) is 7.00. The van der Waals surface area contributed by atoms with Crippen molar-refractivity contribution in [3.63, 3.8) is 0 Å².